The van der Waals surface area contributed by atoms with Gasteiger partial charge in [0.15, 0.2) is 0 Å². The Hall–Kier alpha value is -1.25. The van der Waals surface area contributed by atoms with E-state index in [1.807, 2.05) is 25.7 Å². The second-order valence-electron chi connectivity index (χ2n) is 7.56. The van der Waals surface area contributed by atoms with E-state index in [0.717, 1.165) is 19.3 Å². The Bertz CT molecular complexity index is 484. The minimum Gasteiger partial charge on any atom is -0.444 e. The molecule has 1 aliphatic carbocycles. The summed E-state index contributed by atoms with van der Waals surface area (Å²) in [4.78, 5) is 14.5. The second-order valence-corrected chi connectivity index (χ2v) is 7.56. The van der Waals surface area contributed by atoms with E-state index in [1.54, 1.807) is 0 Å². The quantitative estimate of drug-likeness (QED) is 0.707. The largest absolute Gasteiger partial charge is 0.444 e. The van der Waals surface area contributed by atoms with Crippen molar-refractivity contribution in [2.45, 2.75) is 83.4 Å². The molecule has 0 aromatic carbocycles. The van der Waals surface area contributed by atoms with Crippen LogP contribution in [0.4, 0.5) is 4.79 Å². The number of piperidine rings is 1. The zero-order valence-electron chi connectivity index (χ0n) is 13.5. The smallest absolute Gasteiger partial charge is 0.411 e. The molecule has 1 saturated heterocycles. The predicted octanol–water partition coefficient (Wildman–Crippen LogP) is 4.59. The van der Waals surface area contributed by atoms with Crippen LogP contribution in [0.25, 0.3) is 0 Å². The molecule has 3 aliphatic rings. The maximum Gasteiger partial charge on any atom is 0.411 e. The summed E-state index contributed by atoms with van der Waals surface area (Å²) in [5.74, 6) is 0. The van der Waals surface area contributed by atoms with Gasteiger partial charge in [-0.15, -0.1) is 0 Å². The van der Waals surface area contributed by atoms with E-state index in [4.69, 9.17) is 4.74 Å². The monoisotopic (exact) mass is 289 g/mol. The maximum absolute atomic E-state index is 12.5. The van der Waals surface area contributed by atoms with Crippen molar-refractivity contribution in [3.05, 3.63) is 23.3 Å². The molecule has 2 unspecified atom stereocenters. The number of fused-ring (bicyclic) bond motifs is 2. The zero-order valence-corrected chi connectivity index (χ0v) is 13.5. The molecular formula is C18H27NO2. The van der Waals surface area contributed by atoms with Gasteiger partial charge in [-0.2, -0.15) is 0 Å². The Morgan fingerprint density at radius 1 is 1.24 bits per heavy atom. The van der Waals surface area contributed by atoms with Crippen LogP contribution < -0.4 is 0 Å². The van der Waals surface area contributed by atoms with Crippen LogP contribution in [0, 0.1) is 0 Å². The van der Waals surface area contributed by atoms with Crippen molar-refractivity contribution in [2.75, 3.05) is 0 Å². The third kappa shape index (κ3) is 3.17. The minimum absolute atomic E-state index is 0.132. The Kier molecular flexibility index (Phi) is 3.85. The van der Waals surface area contributed by atoms with E-state index in [0.29, 0.717) is 6.04 Å². The zero-order chi connectivity index (χ0) is 15.0. The summed E-state index contributed by atoms with van der Waals surface area (Å²) in [6.07, 6.45) is 12.8. The SMILES string of the molecule is CC(C)(C)OC(=O)N1C2C=C(C3=CCCC3)CC1CCC2. The van der Waals surface area contributed by atoms with Crippen molar-refractivity contribution in [3.63, 3.8) is 0 Å². The average Bonchev–Trinajstić information content (AvgIpc) is 2.88. The number of carbonyl (C=O) groups excluding carboxylic acids is 1. The highest BCUT2D eigenvalue weighted by Crippen LogP contribution is 2.39. The Morgan fingerprint density at radius 3 is 2.67 bits per heavy atom. The number of ether oxygens (including phenoxy) is 1. The molecule has 1 fully saturated rings. The molecular weight excluding hydrogens is 262 g/mol. The third-order valence-electron chi connectivity index (χ3n) is 4.69. The first-order valence-electron chi connectivity index (χ1n) is 8.35. The first-order chi connectivity index (χ1) is 9.94. The molecule has 21 heavy (non-hydrogen) atoms. The topological polar surface area (TPSA) is 29.5 Å². The Morgan fingerprint density at radius 2 is 2.05 bits per heavy atom. The molecule has 0 aromatic heterocycles. The summed E-state index contributed by atoms with van der Waals surface area (Å²) >= 11 is 0. The normalized spacial score (nSPS) is 29.0. The van der Waals surface area contributed by atoms with E-state index in [2.05, 4.69) is 12.2 Å². The van der Waals surface area contributed by atoms with Crippen LogP contribution in [-0.2, 0) is 4.74 Å². The lowest BCUT2D eigenvalue weighted by molar-refractivity contribution is -0.00125. The molecule has 3 nitrogen and oxygen atoms in total. The van der Waals surface area contributed by atoms with E-state index in [-0.39, 0.29) is 12.1 Å². The number of hydrogen-bond donors (Lipinski definition) is 0. The van der Waals surface area contributed by atoms with Crippen molar-refractivity contribution in [1.82, 2.24) is 4.90 Å². The summed E-state index contributed by atoms with van der Waals surface area (Å²) in [5, 5.41) is 0. The van der Waals surface area contributed by atoms with Crippen molar-refractivity contribution in [3.8, 4) is 0 Å². The number of rotatable bonds is 1. The molecule has 1 amide bonds. The minimum atomic E-state index is -0.413. The molecule has 0 radical (unpaired) electrons. The lowest BCUT2D eigenvalue weighted by Gasteiger charge is -2.45. The maximum atomic E-state index is 12.5. The number of hydrogen-bond acceptors (Lipinski definition) is 2. The number of amides is 1. The highest BCUT2D eigenvalue weighted by Gasteiger charge is 2.39. The number of carbonyl (C=O) groups is 1. The van der Waals surface area contributed by atoms with Gasteiger partial charge in [0.1, 0.15) is 5.60 Å². The molecule has 3 heteroatoms. The van der Waals surface area contributed by atoms with Crippen molar-refractivity contribution >= 4 is 6.09 Å². The van der Waals surface area contributed by atoms with E-state index in [1.165, 1.54) is 36.8 Å². The fraction of sp³-hybridized carbons (Fsp3) is 0.722. The lowest BCUT2D eigenvalue weighted by Crippen LogP contribution is -2.53. The van der Waals surface area contributed by atoms with Crippen LogP contribution in [0.2, 0.25) is 0 Å². The molecule has 2 atom stereocenters. The van der Waals surface area contributed by atoms with Gasteiger partial charge in [-0.1, -0.05) is 12.2 Å². The van der Waals surface area contributed by atoms with Crippen molar-refractivity contribution < 1.29 is 9.53 Å². The Labute approximate surface area is 128 Å². The van der Waals surface area contributed by atoms with E-state index >= 15 is 0 Å². The number of nitrogens with zero attached hydrogens (tertiary/aromatic N) is 1. The van der Waals surface area contributed by atoms with Gasteiger partial charge in [0.2, 0.25) is 0 Å². The highest BCUT2D eigenvalue weighted by molar-refractivity contribution is 5.70. The van der Waals surface area contributed by atoms with Gasteiger partial charge in [0, 0.05) is 6.04 Å². The first kappa shape index (κ1) is 14.7. The fourth-order valence-electron chi connectivity index (χ4n) is 3.83. The summed E-state index contributed by atoms with van der Waals surface area (Å²) in [5.41, 5.74) is 2.63. The number of allylic oxidation sites excluding steroid dienone is 2. The van der Waals surface area contributed by atoms with Crippen LogP contribution in [0.15, 0.2) is 23.3 Å². The molecule has 0 aromatic rings. The van der Waals surface area contributed by atoms with Gasteiger partial charge in [0.05, 0.1) is 6.04 Å². The molecule has 0 spiro atoms. The molecule has 2 aliphatic heterocycles. The summed E-state index contributed by atoms with van der Waals surface area (Å²) in [7, 11) is 0. The van der Waals surface area contributed by atoms with Crippen molar-refractivity contribution in [2.24, 2.45) is 0 Å². The van der Waals surface area contributed by atoms with E-state index in [9.17, 15) is 4.79 Å². The van der Waals surface area contributed by atoms with Crippen molar-refractivity contribution in [1.29, 1.82) is 0 Å². The van der Waals surface area contributed by atoms with Gasteiger partial charge in [0.25, 0.3) is 0 Å². The molecule has 116 valence electrons. The average molecular weight is 289 g/mol. The van der Waals surface area contributed by atoms with E-state index < -0.39 is 5.60 Å². The molecule has 0 N–H and O–H groups in total. The molecule has 2 heterocycles. The summed E-state index contributed by atoms with van der Waals surface area (Å²) < 4.78 is 5.62. The van der Waals surface area contributed by atoms with Crippen LogP contribution in [0.3, 0.4) is 0 Å². The van der Waals surface area contributed by atoms with Crippen LogP contribution in [0.1, 0.15) is 65.7 Å². The standard InChI is InChI=1S/C18H27NO2/c1-18(2,3)21-17(20)19-15-9-6-10-16(19)12-14(11-15)13-7-4-5-8-13/h7,11,15-16H,4-6,8-10,12H2,1-3H3. The van der Waals surface area contributed by atoms with Gasteiger partial charge >= 0.3 is 6.09 Å². The molecule has 0 saturated carbocycles. The van der Waals surface area contributed by atoms with Gasteiger partial charge in [-0.3, -0.25) is 4.90 Å². The van der Waals surface area contributed by atoms with Crippen LogP contribution in [-0.4, -0.2) is 28.7 Å². The van der Waals surface area contributed by atoms with Crippen LogP contribution >= 0.6 is 0 Å². The highest BCUT2D eigenvalue weighted by atomic mass is 16.6. The molecule has 3 rings (SSSR count). The third-order valence-corrected chi connectivity index (χ3v) is 4.69. The predicted molar refractivity (Wildman–Crippen MR) is 84.1 cm³/mol. The second kappa shape index (κ2) is 5.51. The van der Waals surface area contributed by atoms with Gasteiger partial charge in [-0.25, -0.2) is 4.79 Å². The fourth-order valence-corrected chi connectivity index (χ4v) is 3.83. The Balaban J connectivity index is 1.79. The van der Waals surface area contributed by atoms with Gasteiger partial charge in [-0.05, 0) is 76.9 Å². The summed E-state index contributed by atoms with van der Waals surface area (Å²) in [6, 6.07) is 0.573. The van der Waals surface area contributed by atoms with Gasteiger partial charge < -0.3 is 4.74 Å². The lowest BCUT2D eigenvalue weighted by atomic mass is 9.83. The molecule has 2 bridgehead atoms. The first-order valence-corrected chi connectivity index (χ1v) is 8.35. The summed E-state index contributed by atoms with van der Waals surface area (Å²) in [6.45, 7) is 5.82. The van der Waals surface area contributed by atoms with Crippen LogP contribution in [0.5, 0.6) is 0 Å².